The second-order valence-electron chi connectivity index (χ2n) is 3.74. The van der Waals surface area contributed by atoms with Gasteiger partial charge in [-0.2, -0.15) is 0 Å². The van der Waals surface area contributed by atoms with Gasteiger partial charge >= 0.3 is 0 Å². The summed E-state index contributed by atoms with van der Waals surface area (Å²) < 4.78 is 16.6. The maximum atomic E-state index is 5.61. The van der Waals surface area contributed by atoms with E-state index < -0.39 is 0 Å². The summed E-state index contributed by atoms with van der Waals surface area (Å²) >= 11 is 3.40. The van der Waals surface area contributed by atoms with Gasteiger partial charge in [0, 0.05) is 0 Å². The molecule has 0 bridgehead atoms. The first-order valence-corrected chi connectivity index (χ1v) is 6.40. The molecular weight excluding hydrogens is 284 g/mol. The Labute approximate surface area is 109 Å². The van der Waals surface area contributed by atoms with Crippen LogP contribution in [0.1, 0.15) is 5.56 Å². The van der Waals surface area contributed by atoms with Crippen molar-refractivity contribution in [2.45, 2.75) is 24.0 Å². The van der Waals surface area contributed by atoms with Crippen molar-refractivity contribution in [1.29, 1.82) is 0 Å². The maximum absolute atomic E-state index is 5.61. The first-order chi connectivity index (χ1) is 8.29. The van der Waals surface area contributed by atoms with Crippen LogP contribution < -0.4 is 0 Å². The highest BCUT2D eigenvalue weighted by atomic mass is 79.9. The third-order valence-electron chi connectivity index (χ3n) is 2.45. The van der Waals surface area contributed by atoms with Crippen LogP contribution in [-0.4, -0.2) is 24.0 Å². The number of halogens is 1. The van der Waals surface area contributed by atoms with Crippen LogP contribution in [0.2, 0.25) is 0 Å². The third-order valence-corrected chi connectivity index (χ3v) is 3.25. The number of ether oxygens (including phenoxy) is 3. The van der Waals surface area contributed by atoms with Gasteiger partial charge in [0.05, 0.1) is 11.4 Å². The molecule has 3 nitrogen and oxygen atoms in total. The molecule has 1 aromatic carbocycles. The number of hydrogen-bond acceptors (Lipinski definition) is 3. The van der Waals surface area contributed by atoms with E-state index >= 15 is 0 Å². The Morgan fingerprint density at radius 2 is 2.24 bits per heavy atom. The number of hydrogen-bond donors (Lipinski definition) is 0. The van der Waals surface area contributed by atoms with Crippen LogP contribution in [0.5, 0.6) is 0 Å². The van der Waals surface area contributed by atoms with E-state index in [0.717, 1.165) is 5.56 Å². The van der Waals surface area contributed by atoms with Crippen molar-refractivity contribution in [3.63, 3.8) is 0 Å². The monoisotopic (exact) mass is 298 g/mol. The van der Waals surface area contributed by atoms with Crippen LogP contribution in [-0.2, 0) is 20.8 Å². The predicted molar refractivity (Wildman–Crippen MR) is 68.8 cm³/mol. The number of benzene rings is 1. The van der Waals surface area contributed by atoms with Gasteiger partial charge in [0.15, 0.2) is 12.6 Å². The van der Waals surface area contributed by atoms with E-state index in [2.05, 4.69) is 22.5 Å². The fourth-order valence-electron chi connectivity index (χ4n) is 1.53. The molecule has 0 N–H and O–H groups in total. The van der Waals surface area contributed by atoms with Gasteiger partial charge in [0.1, 0.15) is 6.61 Å². The molecule has 2 rings (SSSR count). The Morgan fingerprint density at radius 3 is 2.94 bits per heavy atom. The maximum Gasteiger partial charge on any atom is 0.184 e. The topological polar surface area (TPSA) is 27.7 Å². The van der Waals surface area contributed by atoms with Crippen LogP contribution >= 0.6 is 15.9 Å². The van der Waals surface area contributed by atoms with Crippen LogP contribution in [0.15, 0.2) is 43.0 Å². The van der Waals surface area contributed by atoms with Gasteiger partial charge < -0.3 is 14.2 Å². The normalized spacial score (nSPS) is 25.7. The Bertz CT molecular complexity index is 355. The van der Waals surface area contributed by atoms with Crippen LogP contribution in [0.3, 0.4) is 0 Å². The fraction of sp³-hybridized carbons (Fsp3) is 0.385. The summed E-state index contributed by atoms with van der Waals surface area (Å²) in [4.78, 5) is -0.00664. The summed E-state index contributed by atoms with van der Waals surface area (Å²) in [6.45, 7) is 4.66. The minimum atomic E-state index is -0.312. The predicted octanol–water partition coefficient (Wildman–Crippen LogP) is 2.85. The molecule has 0 amide bonds. The molecule has 0 aromatic heterocycles. The molecule has 3 unspecified atom stereocenters. The molecule has 92 valence electrons. The van der Waals surface area contributed by atoms with Gasteiger partial charge in [-0.3, -0.25) is 0 Å². The molecule has 1 aliphatic rings. The second kappa shape index (κ2) is 6.31. The van der Waals surface area contributed by atoms with Crippen molar-refractivity contribution in [2.75, 3.05) is 6.61 Å². The molecule has 0 spiro atoms. The van der Waals surface area contributed by atoms with Crippen LogP contribution in [0, 0.1) is 0 Å². The Balaban J connectivity index is 1.77. The van der Waals surface area contributed by atoms with Crippen LogP contribution in [0.25, 0.3) is 0 Å². The van der Waals surface area contributed by atoms with Crippen molar-refractivity contribution in [3.8, 4) is 0 Å². The number of alkyl halides is 1. The van der Waals surface area contributed by atoms with E-state index in [4.69, 9.17) is 14.2 Å². The smallest absolute Gasteiger partial charge is 0.184 e. The zero-order chi connectivity index (χ0) is 12.1. The quantitative estimate of drug-likeness (QED) is 0.618. The molecule has 0 aliphatic carbocycles. The van der Waals surface area contributed by atoms with E-state index in [0.29, 0.717) is 13.2 Å². The lowest BCUT2D eigenvalue weighted by atomic mass is 10.2. The van der Waals surface area contributed by atoms with E-state index in [1.807, 2.05) is 30.3 Å². The Hall–Kier alpha value is -0.680. The average Bonchev–Trinajstić information content (AvgIpc) is 2.85. The first-order valence-electron chi connectivity index (χ1n) is 5.49. The van der Waals surface area contributed by atoms with Crippen LogP contribution in [0.4, 0.5) is 0 Å². The van der Waals surface area contributed by atoms with Gasteiger partial charge in [0.2, 0.25) is 0 Å². The van der Waals surface area contributed by atoms with Gasteiger partial charge in [-0.15, -0.1) is 6.58 Å². The first kappa shape index (κ1) is 12.8. The summed E-state index contributed by atoms with van der Waals surface area (Å²) in [5, 5.41) is 0. The molecule has 0 saturated carbocycles. The molecule has 1 heterocycles. The van der Waals surface area contributed by atoms with E-state index in [-0.39, 0.29) is 17.4 Å². The summed E-state index contributed by atoms with van der Waals surface area (Å²) in [5.41, 5.74) is 1.12. The molecule has 0 radical (unpaired) electrons. The lowest BCUT2D eigenvalue weighted by Crippen LogP contribution is -2.21. The van der Waals surface area contributed by atoms with Crippen molar-refractivity contribution in [1.82, 2.24) is 0 Å². The largest absolute Gasteiger partial charge is 0.346 e. The van der Waals surface area contributed by atoms with E-state index in [1.54, 1.807) is 6.08 Å². The van der Waals surface area contributed by atoms with Crippen molar-refractivity contribution in [2.24, 2.45) is 0 Å². The minimum absolute atomic E-state index is 0.00664. The Kier molecular flexibility index (Phi) is 4.74. The van der Waals surface area contributed by atoms with Gasteiger partial charge in [-0.05, 0) is 5.56 Å². The molecule has 1 aromatic rings. The molecule has 3 atom stereocenters. The van der Waals surface area contributed by atoms with Crippen molar-refractivity contribution in [3.05, 3.63) is 48.6 Å². The molecular formula is C13H15BrO3. The zero-order valence-corrected chi connectivity index (χ0v) is 11.0. The second-order valence-corrected chi connectivity index (χ2v) is 4.80. The third kappa shape index (κ3) is 3.64. The van der Waals surface area contributed by atoms with Crippen molar-refractivity contribution < 1.29 is 14.2 Å². The summed E-state index contributed by atoms with van der Waals surface area (Å²) in [6.07, 6.45) is 1.12. The van der Waals surface area contributed by atoms with Gasteiger partial charge in [-0.25, -0.2) is 0 Å². The SMILES string of the molecule is C=CC(Br)C1OCC(OCc2ccccc2)O1. The molecule has 17 heavy (non-hydrogen) atoms. The molecule has 1 saturated heterocycles. The van der Waals surface area contributed by atoms with Crippen molar-refractivity contribution >= 4 is 15.9 Å². The highest BCUT2D eigenvalue weighted by Gasteiger charge is 2.30. The summed E-state index contributed by atoms with van der Waals surface area (Å²) in [6, 6.07) is 9.99. The summed E-state index contributed by atoms with van der Waals surface area (Å²) in [7, 11) is 0. The van der Waals surface area contributed by atoms with E-state index in [1.165, 1.54) is 0 Å². The number of rotatable bonds is 5. The summed E-state index contributed by atoms with van der Waals surface area (Å²) in [5.74, 6) is 0. The molecule has 1 aliphatic heterocycles. The van der Waals surface area contributed by atoms with Gasteiger partial charge in [-0.1, -0.05) is 52.3 Å². The molecule has 4 heteroatoms. The minimum Gasteiger partial charge on any atom is -0.346 e. The average molecular weight is 299 g/mol. The highest BCUT2D eigenvalue weighted by molar-refractivity contribution is 9.09. The Morgan fingerprint density at radius 1 is 1.47 bits per heavy atom. The molecule has 1 fully saturated rings. The standard InChI is InChI=1S/C13H15BrO3/c1-2-11(14)13-16-9-12(17-13)15-8-10-6-4-3-5-7-10/h2-7,11-13H,1,8-9H2. The van der Waals surface area contributed by atoms with E-state index in [9.17, 15) is 0 Å². The lowest BCUT2D eigenvalue weighted by molar-refractivity contribution is -0.145. The zero-order valence-electron chi connectivity index (χ0n) is 9.42. The highest BCUT2D eigenvalue weighted by Crippen LogP contribution is 2.21. The van der Waals surface area contributed by atoms with Gasteiger partial charge in [0.25, 0.3) is 0 Å². The lowest BCUT2D eigenvalue weighted by Gasteiger charge is -2.14. The fourth-order valence-corrected chi connectivity index (χ4v) is 1.81.